The fraction of sp³-hybridized carbons (Fsp3) is 0.870. The fourth-order valence-corrected chi connectivity index (χ4v) is 3.66. The number of rotatable bonds is 18. The Morgan fingerprint density at radius 1 is 0.640 bits per heavy atom. The molecule has 1 rings (SSSR count). The van der Waals surface area contributed by atoms with Crippen molar-refractivity contribution in [2.24, 2.45) is 15.9 Å². The number of nitrogens with zero attached hydrogens (tertiary/aromatic N) is 2. The average molecular weight is 348 g/mol. The van der Waals surface area contributed by atoms with Gasteiger partial charge in [0.05, 0.1) is 6.42 Å². The van der Waals surface area contributed by atoms with Crippen LogP contribution in [0.5, 0.6) is 0 Å². The largest absolute Gasteiger partial charge is 0.240 e. The average Bonchev–Trinajstić information content (AvgIpc) is 3.13. The van der Waals surface area contributed by atoms with Crippen LogP contribution >= 0.6 is 0 Å². The molecule has 1 heterocycles. The molecule has 0 bridgehead atoms. The second-order valence-corrected chi connectivity index (χ2v) is 8.00. The molecule has 1 atom stereocenters. The third kappa shape index (κ3) is 14.1. The Balaban J connectivity index is 1.74. The van der Waals surface area contributed by atoms with Crippen molar-refractivity contribution in [3.8, 4) is 0 Å². The lowest BCUT2D eigenvalue weighted by molar-refractivity contribution is 0.434. The van der Waals surface area contributed by atoms with Gasteiger partial charge in [0.2, 0.25) is 6.17 Å². The highest BCUT2D eigenvalue weighted by Crippen LogP contribution is 2.21. The molecular weight excluding hydrogens is 304 g/mol. The van der Waals surface area contributed by atoms with Crippen LogP contribution in [0.4, 0.5) is 0 Å². The van der Waals surface area contributed by atoms with Crippen LogP contribution in [0, 0.1) is 12.1 Å². The Kier molecular flexibility index (Phi) is 14.8. The standard InChI is InChI=1S/C23H43N2/c1-3-4-5-6-7-8-9-10-11-12-13-14-17-22(2)18-15-16-19-23-24-20-21-25-23/h20-22H,3-19H2,1-2H3/q+1. The van der Waals surface area contributed by atoms with E-state index in [-0.39, 0.29) is 0 Å². The molecule has 1 aliphatic heterocycles. The highest BCUT2D eigenvalue weighted by molar-refractivity contribution is 6.18. The van der Waals surface area contributed by atoms with Gasteiger partial charge in [0.1, 0.15) is 0 Å². The molecule has 2 nitrogen and oxygen atoms in total. The second kappa shape index (κ2) is 16.7. The molecule has 0 aromatic carbocycles. The first kappa shape index (κ1) is 22.3. The predicted octanol–water partition coefficient (Wildman–Crippen LogP) is 7.92. The maximum absolute atomic E-state index is 4.23. The lowest BCUT2D eigenvalue weighted by Gasteiger charge is -2.10. The highest BCUT2D eigenvalue weighted by Gasteiger charge is 2.14. The van der Waals surface area contributed by atoms with Gasteiger partial charge in [-0.15, -0.1) is 0 Å². The van der Waals surface area contributed by atoms with E-state index in [1.807, 2.05) is 0 Å². The Bertz CT molecular complexity index is 323. The molecule has 0 aliphatic carbocycles. The molecule has 0 spiro atoms. The molecule has 1 unspecified atom stereocenters. The van der Waals surface area contributed by atoms with Crippen molar-refractivity contribution in [2.75, 3.05) is 0 Å². The molecule has 0 radical (unpaired) electrons. The van der Waals surface area contributed by atoms with E-state index in [0.717, 1.165) is 18.5 Å². The monoisotopic (exact) mass is 347 g/mol. The molecule has 2 heteroatoms. The van der Waals surface area contributed by atoms with E-state index in [2.05, 4.69) is 23.8 Å². The third-order valence-electron chi connectivity index (χ3n) is 5.41. The Labute approximate surface area is 158 Å². The van der Waals surface area contributed by atoms with Crippen molar-refractivity contribution in [1.29, 1.82) is 0 Å². The van der Waals surface area contributed by atoms with Crippen molar-refractivity contribution in [3.63, 3.8) is 0 Å². The van der Waals surface area contributed by atoms with Crippen LogP contribution in [0.15, 0.2) is 9.98 Å². The summed E-state index contributed by atoms with van der Waals surface area (Å²) in [4.78, 5) is 8.47. The van der Waals surface area contributed by atoms with Crippen LogP contribution in [0.25, 0.3) is 0 Å². The Hall–Kier alpha value is -0.790. The predicted molar refractivity (Wildman–Crippen MR) is 114 cm³/mol. The van der Waals surface area contributed by atoms with Crippen LogP contribution in [0.3, 0.4) is 0 Å². The van der Waals surface area contributed by atoms with Crippen LogP contribution in [0.1, 0.15) is 123 Å². The summed E-state index contributed by atoms with van der Waals surface area (Å²) in [5.74, 6) is 0.892. The SMILES string of the molecule is CCCCCCCCCCCCCCC(C)CCCC[C+]1N=CC=N1. The quantitative estimate of drug-likeness (QED) is 0.178. The summed E-state index contributed by atoms with van der Waals surface area (Å²) in [5.41, 5.74) is 0. The molecule has 0 amide bonds. The maximum atomic E-state index is 4.23. The Morgan fingerprint density at radius 2 is 1.08 bits per heavy atom. The molecule has 0 N–H and O–H groups in total. The summed E-state index contributed by atoms with van der Waals surface area (Å²) < 4.78 is 0. The second-order valence-electron chi connectivity index (χ2n) is 8.00. The van der Waals surface area contributed by atoms with Gasteiger partial charge in [-0.3, -0.25) is 0 Å². The summed E-state index contributed by atoms with van der Waals surface area (Å²) in [6.45, 7) is 4.72. The lowest BCUT2D eigenvalue weighted by atomic mass is 9.96. The van der Waals surface area contributed by atoms with Crippen LogP contribution in [-0.4, -0.2) is 12.4 Å². The van der Waals surface area contributed by atoms with Crippen molar-refractivity contribution in [1.82, 2.24) is 0 Å². The number of aliphatic imine (C=N–C) groups is 2. The first-order valence-corrected chi connectivity index (χ1v) is 11.3. The fourth-order valence-electron chi connectivity index (χ4n) is 3.66. The maximum Gasteiger partial charge on any atom is 0.240 e. The van der Waals surface area contributed by atoms with Crippen LogP contribution < -0.4 is 0 Å². The minimum atomic E-state index is 0.892. The molecule has 0 fully saturated rings. The molecule has 0 aromatic heterocycles. The van der Waals surface area contributed by atoms with Crippen molar-refractivity contribution in [3.05, 3.63) is 6.17 Å². The summed E-state index contributed by atoms with van der Waals surface area (Å²) in [7, 11) is 0. The van der Waals surface area contributed by atoms with Gasteiger partial charge in [0.25, 0.3) is 0 Å². The van der Waals surface area contributed by atoms with Crippen LogP contribution in [-0.2, 0) is 0 Å². The van der Waals surface area contributed by atoms with Crippen molar-refractivity contribution >= 4 is 12.4 Å². The zero-order valence-electron chi connectivity index (χ0n) is 17.1. The molecular formula is C23H43N2+. The minimum Gasteiger partial charge on any atom is -0.0968 e. The summed E-state index contributed by atoms with van der Waals surface area (Å²) in [6, 6.07) is 0. The van der Waals surface area contributed by atoms with E-state index in [4.69, 9.17) is 0 Å². The van der Waals surface area contributed by atoms with Gasteiger partial charge in [0.15, 0.2) is 12.4 Å². The number of unbranched alkanes of at least 4 members (excludes halogenated alkanes) is 12. The van der Waals surface area contributed by atoms with E-state index in [0.29, 0.717) is 0 Å². The first-order chi connectivity index (χ1) is 12.3. The van der Waals surface area contributed by atoms with Gasteiger partial charge in [0, 0.05) is 0 Å². The van der Waals surface area contributed by atoms with Crippen LogP contribution in [0.2, 0.25) is 0 Å². The molecule has 0 aromatic rings. The van der Waals surface area contributed by atoms with Gasteiger partial charge in [-0.1, -0.05) is 120 Å². The molecule has 25 heavy (non-hydrogen) atoms. The lowest BCUT2D eigenvalue weighted by Crippen LogP contribution is -1.96. The minimum absolute atomic E-state index is 0.892. The van der Waals surface area contributed by atoms with E-state index in [9.17, 15) is 0 Å². The van der Waals surface area contributed by atoms with Gasteiger partial charge in [-0.2, -0.15) is 0 Å². The van der Waals surface area contributed by atoms with E-state index in [1.54, 1.807) is 12.4 Å². The van der Waals surface area contributed by atoms with Gasteiger partial charge in [-0.25, -0.2) is 0 Å². The Morgan fingerprint density at radius 3 is 1.60 bits per heavy atom. The first-order valence-electron chi connectivity index (χ1n) is 11.3. The van der Waals surface area contributed by atoms with E-state index in [1.165, 1.54) is 103 Å². The van der Waals surface area contributed by atoms with Gasteiger partial charge in [-0.05, 0) is 12.3 Å². The van der Waals surface area contributed by atoms with Crippen molar-refractivity contribution < 1.29 is 0 Å². The van der Waals surface area contributed by atoms with Gasteiger partial charge < -0.3 is 0 Å². The summed E-state index contributed by atoms with van der Waals surface area (Å²) >= 11 is 0. The third-order valence-corrected chi connectivity index (χ3v) is 5.41. The molecule has 1 aliphatic rings. The highest BCUT2D eigenvalue weighted by atomic mass is 15.0. The number of hydrogen-bond acceptors (Lipinski definition) is 2. The number of hydrogen-bond donors (Lipinski definition) is 0. The molecule has 144 valence electrons. The van der Waals surface area contributed by atoms with E-state index >= 15 is 0 Å². The molecule has 0 saturated heterocycles. The summed E-state index contributed by atoms with van der Waals surface area (Å²) in [5, 5.41) is 0. The van der Waals surface area contributed by atoms with E-state index < -0.39 is 0 Å². The van der Waals surface area contributed by atoms with Crippen molar-refractivity contribution in [2.45, 2.75) is 123 Å². The van der Waals surface area contributed by atoms with Gasteiger partial charge >= 0.3 is 0 Å². The normalized spacial score (nSPS) is 14.6. The summed E-state index contributed by atoms with van der Waals surface area (Å²) in [6.07, 6.45) is 28.4. The molecule has 0 saturated carbocycles. The topological polar surface area (TPSA) is 24.7 Å². The smallest absolute Gasteiger partial charge is 0.0968 e. The zero-order valence-corrected chi connectivity index (χ0v) is 17.1. The zero-order chi connectivity index (χ0) is 18.0.